The summed E-state index contributed by atoms with van der Waals surface area (Å²) in [6, 6.07) is 23.9. The van der Waals surface area contributed by atoms with E-state index >= 15 is 0 Å². The fourth-order valence-electron chi connectivity index (χ4n) is 4.60. The van der Waals surface area contributed by atoms with E-state index in [4.69, 9.17) is 14.7 Å². The number of fused-ring (bicyclic) bond motifs is 1. The number of ether oxygens (including phenoxy) is 2. The molecule has 0 amide bonds. The molecule has 9 heteroatoms. The van der Waals surface area contributed by atoms with Gasteiger partial charge in [0.15, 0.2) is 11.5 Å². The fourth-order valence-corrected chi connectivity index (χ4v) is 6.40. The monoisotopic (exact) mass is 664 g/mol. The van der Waals surface area contributed by atoms with E-state index in [1.54, 1.807) is 29.8 Å². The molecule has 2 heterocycles. The highest BCUT2D eigenvalue weighted by molar-refractivity contribution is 14.1. The number of nitrogens with zero attached hydrogens (tertiary/aromatic N) is 4. The first kappa shape index (κ1) is 28.2. The molecule has 1 aromatic heterocycles. The number of alkyl halides is 1. The van der Waals surface area contributed by atoms with Crippen molar-refractivity contribution in [2.45, 2.75) is 27.5 Å². The van der Waals surface area contributed by atoms with Gasteiger partial charge in [0, 0.05) is 35.3 Å². The van der Waals surface area contributed by atoms with Crippen LogP contribution in [-0.2, 0) is 17.4 Å². The van der Waals surface area contributed by atoms with Gasteiger partial charge in [-0.05, 0) is 48.0 Å². The van der Waals surface area contributed by atoms with Gasteiger partial charge in [0.25, 0.3) is 5.56 Å². The first-order valence-corrected chi connectivity index (χ1v) is 15.3. The van der Waals surface area contributed by atoms with Gasteiger partial charge in [0.1, 0.15) is 12.9 Å². The smallest absolute Gasteiger partial charge is 0.271 e. The highest BCUT2D eigenvalue weighted by Gasteiger charge is 2.28. The van der Waals surface area contributed by atoms with Crippen molar-refractivity contribution < 1.29 is 9.47 Å². The first-order chi connectivity index (χ1) is 19.5. The number of thioether (sulfide) groups is 1. The molecule has 1 unspecified atom stereocenters. The van der Waals surface area contributed by atoms with Crippen LogP contribution in [-0.4, -0.2) is 41.8 Å². The van der Waals surface area contributed by atoms with Gasteiger partial charge in [0.05, 0.1) is 35.0 Å². The lowest BCUT2D eigenvalue weighted by Gasteiger charge is -2.18. The number of methoxy groups -OCH3 is 1. The van der Waals surface area contributed by atoms with Crippen molar-refractivity contribution in [2.24, 2.45) is 0 Å². The Kier molecular flexibility index (Phi) is 9.09. The second-order valence-electron chi connectivity index (χ2n) is 9.61. The van der Waals surface area contributed by atoms with Crippen LogP contribution in [0.25, 0.3) is 5.69 Å². The third-order valence-corrected chi connectivity index (χ3v) is 9.09. The van der Waals surface area contributed by atoms with Gasteiger partial charge in [-0.1, -0.05) is 59.0 Å². The molecule has 40 heavy (non-hydrogen) atoms. The van der Waals surface area contributed by atoms with Crippen molar-refractivity contribution >= 4 is 34.4 Å². The van der Waals surface area contributed by atoms with E-state index in [0.717, 1.165) is 28.7 Å². The highest BCUT2D eigenvalue weighted by atomic mass is 127. The Balaban J connectivity index is 1.24. The Bertz CT molecular complexity index is 1580. The minimum absolute atomic E-state index is 0.0680. The summed E-state index contributed by atoms with van der Waals surface area (Å²) >= 11 is 3.96. The molecule has 1 aliphatic heterocycles. The molecule has 0 N–H and O–H groups in total. The van der Waals surface area contributed by atoms with Crippen molar-refractivity contribution in [3.8, 4) is 23.3 Å². The molecule has 4 aromatic rings. The molecule has 0 bridgehead atoms. The SMILES string of the molecule is COc1cc(-n2cnc3c(c2=O)SC(c2ccc(CI)cc2)C3)ccc1OCCN(C)Cc1ccc(C#N)cc1. The number of nitriles is 1. The minimum atomic E-state index is -0.0680. The number of halogens is 1. The van der Waals surface area contributed by atoms with Gasteiger partial charge in [-0.15, -0.1) is 11.8 Å². The maximum atomic E-state index is 13.5. The summed E-state index contributed by atoms with van der Waals surface area (Å²) in [7, 11) is 3.62. The predicted molar refractivity (Wildman–Crippen MR) is 166 cm³/mol. The van der Waals surface area contributed by atoms with Crippen LogP contribution in [0.5, 0.6) is 11.5 Å². The molecule has 204 valence electrons. The molecule has 5 rings (SSSR count). The molecule has 7 nitrogen and oxygen atoms in total. The molecule has 0 radical (unpaired) electrons. The molecule has 0 spiro atoms. The molecule has 0 aliphatic carbocycles. The van der Waals surface area contributed by atoms with Gasteiger partial charge in [-0.25, -0.2) is 4.98 Å². The molecule has 0 saturated heterocycles. The van der Waals surface area contributed by atoms with Crippen molar-refractivity contribution in [3.63, 3.8) is 0 Å². The van der Waals surface area contributed by atoms with Crippen LogP contribution in [0, 0.1) is 11.3 Å². The Labute approximate surface area is 251 Å². The standard InChI is InChI=1S/C31H29IN4O3S/c1-35(19-23-5-3-22(18-33)4-6-23)13-14-39-27-12-11-25(15-28(27)38-2)36-20-34-26-16-29(40-30(26)31(36)37)24-9-7-21(17-32)8-10-24/h3-12,15,20,29H,13-14,16-17,19H2,1-2H3. The molecule has 0 saturated carbocycles. The maximum Gasteiger partial charge on any atom is 0.271 e. The van der Waals surface area contributed by atoms with E-state index < -0.39 is 0 Å². The van der Waals surface area contributed by atoms with E-state index in [0.29, 0.717) is 40.8 Å². The zero-order chi connectivity index (χ0) is 28.1. The summed E-state index contributed by atoms with van der Waals surface area (Å²) in [6.07, 6.45) is 2.35. The van der Waals surface area contributed by atoms with Crippen LogP contribution in [0.15, 0.2) is 82.7 Å². The van der Waals surface area contributed by atoms with Gasteiger partial charge in [-0.3, -0.25) is 14.3 Å². The normalized spacial score (nSPS) is 14.1. The summed E-state index contributed by atoms with van der Waals surface area (Å²) in [4.78, 5) is 21.0. The lowest BCUT2D eigenvalue weighted by atomic mass is 10.1. The Hall–Kier alpha value is -3.33. The highest BCUT2D eigenvalue weighted by Crippen LogP contribution is 2.44. The Morgan fingerprint density at radius 3 is 2.55 bits per heavy atom. The van der Waals surface area contributed by atoms with E-state index in [2.05, 4.69) is 62.8 Å². The van der Waals surface area contributed by atoms with Gasteiger partial charge in [0.2, 0.25) is 0 Å². The predicted octanol–water partition coefficient (Wildman–Crippen LogP) is 5.95. The van der Waals surface area contributed by atoms with Crippen LogP contribution in [0.4, 0.5) is 0 Å². The molecule has 3 aromatic carbocycles. The molecule has 1 atom stereocenters. The Morgan fingerprint density at radius 1 is 1.10 bits per heavy atom. The number of aromatic nitrogens is 2. The maximum absolute atomic E-state index is 13.5. The Morgan fingerprint density at radius 2 is 1.85 bits per heavy atom. The van der Waals surface area contributed by atoms with Crippen LogP contribution < -0.4 is 15.0 Å². The van der Waals surface area contributed by atoms with Crippen molar-refractivity contribution in [1.82, 2.24) is 14.5 Å². The average molecular weight is 665 g/mol. The number of rotatable bonds is 10. The number of hydrogen-bond acceptors (Lipinski definition) is 7. The van der Waals surface area contributed by atoms with E-state index in [9.17, 15) is 4.79 Å². The van der Waals surface area contributed by atoms with Crippen LogP contribution >= 0.6 is 34.4 Å². The summed E-state index contributed by atoms with van der Waals surface area (Å²) < 4.78 is 14.2. The molecule has 1 aliphatic rings. The van der Waals surface area contributed by atoms with Crippen LogP contribution in [0.1, 0.15) is 33.2 Å². The lowest BCUT2D eigenvalue weighted by molar-refractivity contribution is 0.226. The second kappa shape index (κ2) is 12.9. The van der Waals surface area contributed by atoms with Crippen LogP contribution in [0.2, 0.25) is 0 Å². The number of benzene rings is 3. The van der Waals surface area contributed by atoms with E-state index in [1.165, 1.54) is 11.1 Å². The minimum Gasteiger partial charge on any atom is -0.493 e. The largest absolute Gasteiger partial charge is 0.493 e. The molecular formula is C31H29IN4O3S. The van der Waals surface area contributed by atoms with Gasteiger partial charge in [-0.2, -0.15) is 5.26 Å². The number of hydrogen-bond donors (Lipinski definition) is 0. The van der Waals surface area contributed by atoms with E-state index in [1.807, 2.05) is 49.5 Å². The topological polar surface area (TPSA) is 80.4 Å². The van der Waals surface area contributed by atoms with Crippen molar-refractivity contribution in [3.05, 3.63) is 111 Å². The average Bonchev–Trinajstić information content (AvgIpc) is 3.43. The molecular weight excluding hydrogens is 635 g/mol. The first-order valence-electron chi connectivity index (χ1n) is 12.9. The van der Waals surface area contributed by atoms with Crippen molar-refractivity contribution in [2.75, 3.05) is 27.3 Å². The zero-order valence-electron chi connectivity index (χ0n) is 22.3. The summed E-state index contributed by atoms with van der Waals surface area (Å²) in [5.74, 6) is 1.17. The third-order valence-electron chi connectivity index (χ3n) is 6.84. The quantitative estimate of drug-likeness (QED) is 0.153. The van der Waals surface area contributed by atoms with Gasteiger partial charge >= 0.3 is 0 Å². The lowest BCUT2D eigenvalue weighted by Crippen LogP contribution is -2.24. The van der Waals surface area contributed by atoms with E-state index in [-0.39, 0.29) is 10.8 Å². The van der Waals surface area contributed by atoms with Gasteiger partial charge < -0.3 is 9.47 Å². The fraction of sp³-hybridized carbons (Fsp3) is 0.258. The van der Waals surface area contributed by atoms with Crippen molar-refractivity contribution in [1.29, 1.82) is 5.26 Å². The summed E-state index contributed by atoms with van der Waals surface area (Å²) in [5.41, 5.74) is 5.76. The van der Waals surface area contributed by atoms with Crippen LogP contribution in [0.3, 0.4) is 0 Å². The third kappa shape index (κ3) is 6.35. The second-order valence-corrected chi connectivity index (χ2v) is 11.6. The zero-order valence-corrected chi connectivity index (χ0v) is 25.3. The molecule has 0 fully saturated rings. The number of likely N-dealkylation sites (N-methyl/N-ethyl adjacent to an activating group) is 1. The summed E-state index contributed by atoms with van der Waals surface area (Å²) in [5, 5.41) is 9.15. The summed E-state index contributed by atoms with van der Waals surface area (Å²) in [6.45, 7) is 1.93.